The van der Waals surface area contributed by atoms with Gasteiger partial charge in [0.2, 0.25) is 0 Å². The van der Waals surface area contributed by atoms with Crippen molar-refractivity contribution in [3.05, 3.63) is 29.8 Å². The maximum atomic E-state index is 12.2. The van der Waals surface area contributed by atoms with Gasteiger partial charge in [-0.25, -0.2) is 0 Å². The fraction of sp³-hybridized carbons (Fsp3) is 0.562. The molecule has 0 unspecified atom stereocenters. The molecule has 1 aromatic carbocycles. The molecule has 6 heteroatoms. The van der Waals surface area contributed by atoms with Crippen LogP contribution in [-0.2, 0) is 23.8 Å². The summed E-state index contributed by atoms with van der Waals surface area (Å²) >= 11 is 0. The van der Waals surface area contributed by atoms with Crippen LogP contribution < -0.4 is 0 Å². The Morgan fingerprint density at radius 1 is 1.14 bits per heavy atom. The van der Waals surface area contributed by atoms with Crippen molar-refractivity contribution in [2.45, 2.75) is 50.0 Å². The Morgan fingerprint density at radius 2 is 1.73 bits per heavy atom. The molecule has 0 aromatic heterocycles. The van der Waals surface area contributed by atoms with Crippen molar-refractivity contribution in [3.63, 3.8) is 0 Å². The van der Waals surface area contributed by atoms with E-state index in [0.29, 0.717) is 19.3 Å². The summed E-state index contributed by atoms with van der Waals surface area (Å²) in [7, 11) is -2.33. The van der Waals surface area contributed by atoms with Gasteiger partial charge >= 0.3 is 5.97 Å². The van der Waals surface area contributed by atoms with Crippen molar-refractivity contribution in [2.75, 3.05) is 7.11 Å². The summed E-state index contributed by atoms with van der Waals surface area (Å²) in [6.07, 6.45) is 2.94. The minimum absolute atomic E-state index is 0.190. The van der Waals surface area contributed by atoms with Gasteiger partial charge in [0.15, 0.2) is 0 Å². The lowest BCUT2D eigenvalue weighted by Crippen LogP contribution is -2.26. The van der Waals surface area contributed by atoms with E-state index in [-0.39, 0.29) is 22.9 Å². The van der Waals surface area contributed by atoms with Gasteiger partial charge in [0.1, 0.15) is 0 Å². The van der Waals surface area contributed by atoms with Crippen LogP contribution in [0.25, 0.3) is 0 Å². The quantitative estimate of drug-likeness (QED) is 0.615. The molecule has 0 aliphatic heterocycles. The Morgan fingerprint density at radius 3 is 2.27 bits per heavy atom. The Hall–Kier alpha value is -1.40. The lowest BCUT2D eigenvalue weighted by atomic mass is 9.85. The smallest absolute Gasteiger partial charge is 0.305 e. The number of carbonyl (C=O) groups is 1. The molecule has 122 valence electrons. The first-order valence-corrected chi connectivity index (χ1v) is 8.88. The van der Waals surface area contributed by atoms with E-state index >= 15 is 0 Å². The number of esters is 1. The van der Waals surface area contributed by atoms with Crippen molar-refractivity contribution in [2.24, 2.45) is 5.92 Å². The molecule has 0 saturated heterocycles. The highest BCUT2D eigenvalue weighted by molar-refractivity contribution is 7.86. The molecule has 2 rings (SSSR count). The summed E-state index contributed by atoms with van der Waals surface area (Å²) in [5.74, 6) is 0.0472. The molecule has 0 N–H and O–H groups in total. The number of methoxy groups -OCH3 is 1. The zero-order valence-corrected chi connectivity index (χ0v) is 13.8. The van der Waals surface area contributed by atoms with Crippen LogP contribution in [0.4, 0.5) is 0 Å². The number of hydrogen-bond acceptors (Lipinski definition) is 5. The molecule has 1 aliphatic rings. The van der Waals surface area contributed by atoms with Gasteiger partial charge in [0.05, 0.1) is 18.1 Å². The van der Waals surface area contributed by atoms with E-state index in [2.05, 4.69) is 4.74 Å². The first kappa shape index (κ1) is 17.0. The summed E-state index contributed by atoms with van der Waals surface area (Å²) < 4.78 is 34.4. The SMILES string of the molecule is COC(=O)C[C@H]1CC[C@@H](OS(=O)(=O)c2ccc(C)cc2)CC1. The van der Waals surface area contributed by atoms with E-state index in [1.807, 2.05) is 6.92 Å². The van der Waals surface area contributed by atoms with Gasteiger partial charge in [-0.2, -0.15) is 8.42 Å². The van der Waals surface area contributed by atoms with Crippen molar-refractivity contribution in [1.82, 2.24) is 0 Å². The van der Waals surface area contributed by atoms with Crippen molar-refractivity contribution in [1.29, 1.82) is 0 Å². The summed E-state index contributed by atoms with van der Waals surface area (Å²) in [6, 6.07) is 6.63. The maximum Gasteiger partial charge on any atom is 0.305 e. The second kappa shape index (κ2) is 7.24. The molecule has 0 radical (unpaired) electrons. The van der Waals surface area contributed by atoms with Crippen LogP contribution in [0.2, 0.25) is 0 Å². The van der Waals surface area contributed by atoms with E-state index in [1.165, 1.54) is 7.11 Å². The molecule has 1 fully saturated rings. The Labute approximate surface area is 131 Å². The van der Waals surface area contributed by atoms with Crippen LogP contribution >= 0.6 is 0 Å². The van der Waals surface area contributed by atoms with Crippen molar-refractivity contribution in [3.8, 4) is 0 Å². The van der Waals surface area contributed by atoms with Crippen LogP contribution in [0.5, 0.6) is 0 Å². The number of carbonyl (C=O) groups excluding carboxylic acids is 1. The third-order valence-corrected chi connectivity index (χ3v) is 5.42. The number of hydrogen-bond donors (Lipinski definition) is 0. The minimum Gasteiger partial charge on any atom is -0.469 e. The summed E-state index contributed by atoms with van der Waals surface area (Å²) in [5, 5.41) is 0. The normalized spacial score (nSPS) is 22.3. The molecule has 0 spiro atoms. The Kier molecular flexibility index (Phi) is 5.58. The van der Waals surface area contributed by atoms with Crippen molar-refractivity contribution >= 4 is 16.1 Å². The predicted octanol–water partition coefficient (Wildman–Crippen LogP) is 2.82. The third-order valence-electron chi connectivity index (χ3n) is 4.05. The van der Waals surface area contributed by atoms with E-state index in [0.717, 1.165) is 18.4 Å². The van der Waals surface area contributed by atoms with Gasteiger partial charge in [-0.3, -0.25) is 8.98 Å². The van der Waals surface area contributed by atoms with Crippen LogP contribution in [0.15, 0.2) is 29.2 Å². The second-order valence-corrected chi connectivity index (χ2v) is 7.36. The second-order valence-electron chi connectivity index (χ2n) is 5.79. The number of ether oxygens (including phenoxy) is 1. The standard InChI is InChI=1S/C16H22O5S/c1-12-3-9-15(10-4-12)22(18,19)21-14-7-5-13(6-8-14)11-16(17)20-2/h3-4,9-10,13-14H,5-8,11H2,1-2H3/t13-,14+. The molecule has 0 amide bonds. The van der Waals surface area contributed by atoms with E-state index < -0.39 is 10.1 Å². The zero-order valence-electron chi connectivity index (χ0n) is 12.9. The van der Waals surface area contributed by atoms with Gasteiger partial charge in [0.25, 0.3) is 10.1 Å². The van der Waals surface area contributed by atoms with Crippen LogP contribution in [0.1, 0.15) is 37.7 Å². The fourth-order valence-electron chi connectivity index (χ4n) is 2.69. The van der Waals surface area contributed by atoms with Gasteiger partial charge in [-0.05, 0) is 50.7 Å². The minimum atomic E-state index is -3.71. The molecule has 5 nitrogen and oxygen atoms in total. The lowest BCUT2D eigenvalue weighted by Gasteiger charge is -2.27. The molecule has 0 heterocycles. The topological polar surface area (TPSA) is 69.7 Å². The molecule has 1 saturated carbocycles. The average Bonchev–Trinajstić information content (AvgIpc) is 2.49. The summed E-state index contributed by atoms with van der Waals surface area (Å²) in [5.41, 5.74) is 1.00. The van der Waals surface area contributed by atoms with Gasteiger partial charge in [-0.15, -0.1) is 0 Å². The zero-order chi connectivity index (χ0) is 16.2. The predicted molar refractivity (Wildman–Crippen MR) is 81.8 cm³/mol. The Balaban J connectivity index is 1.90. The van der Waals surface area contributed by atoms with Crippen LogP contribution in [-0.4, -0.2) is 27.6 Å². The first-order valence-electron chi connectivity index (χ1n) is 7.47. The number of aryl methyl sites for hydroxylation is 1. The largest absolute Gasteiger partial charge is 0.469 e. The highest BCUT2D eigenvalue weighted by Crippen LogP contribution is 2.30. The third kappa shape index (κ3) is 4.55. The summed E-state index contributed by atoms with van der Waals surface area (Å²) in [6.45, 7) is 1.90. The molecule has 0 bridgehead atoms. The van der Waals surface area contributed by atoms with E-state index in [4.69, 9.17) is 4.18 Å². The van der Waals surface area contributed by atoms with Gasteiger partial charge in [-0.1, -0.05) is 17.7 Å². The van der Waals surface area contributed by atoms with Crippen LogP contribution in [0, 0.1) is 12.8 Å². The van der Waals surface area contributed by atoms with Crippen molar-refractivity contribution < 1.29 is 22.1 Å². The van der Waals surface area contributed by atoms with E-state index in [9.17, 15) is 13.2 Å². The fourth-order valence-corrected chi connectivity index (χ4v) is 3.82. The number of benzene rings is 1. The molecule has 22 heavy (non-hydrogen) atoms. The van der Waals surface area contributed by atoms with E-state index in [1.54, 1.807) is 24.3 Å². The summed E-state index contributed by atoms with van der Waals surface area (Å²) in [4.78, 5) is 11.4. The molecule has 1 aliphatic carbocycles. The maximum absolute atomic E-state index is 12.2. The lowest BCUT2D eigenvalue weighted by molar-refractivity contribution is -0.142. The number of rotatable bonds is 5. The highest BCUT2D eigenvalue weighted by Gasteiger charge is 2.28. The molecular weight excluding hydrogens is 304 g/mol. The molecular formula is C16H22O5S. The highest BCUT2D eigenvalue weighted by atomic mass is 32.2. The molecule has 1 aromatic rings. The first-order chi connectivity index (χ1) is 10.4. The molecule has 0 atom stereocenters. The van der Waals surface area contributed by atoms with Crippen LogP contribution in [0.3, 0.4) is 0 Å². The van der Waals surface area contributed by atoms with Gasteiger partial charge in [0, 0.05) is 6.42 Å². The Bertz CT molecular complexity index is 598. The average molecular weight is 326 g/mol. The monoisotopic (exact) mass is 326 g/mol. The van der Waals surface area contributed by atoms with Gasteiger partial charge < -0.3 is 4.74 Å².